The van der Waals surface area contributed by atoms with Crippen LogP contribution in [0.15, 0.2) is 12.7 Å². The molecule has 4 atom stereocenters. The molecule has 1 fully saturated rings. The summed E-state index contributed by atoms with van der Waals surface area (Å²) in [6, 6.07) is 0. The van der Waals surface area contributed by atoms with Crippen molar-refractivity contribution in [3.8, 4) is 0 Å². The molecule has 22 heavy (non-hydrogen) atoms. The predicted molar refractivity (Wildman–Crippen MR) is 91.9 cm³/mol. The second-order valence-electron chi connectivity index (χ2n) is 6.71. The zero-order valence-corrected chi connectivity index (χ0v) is 14.4. The second kappa shape index (κ2) is 12.1. The Morgan fingerprint density at radius 1 is 1.14 bits per heavy atom. The average molecular weight is 312 g/mol. The Hall–Kier alpha value is -0.380. The van der Waals surface area contributed by atoms with Gasteiger partial charge in [0.2, 0.25) is 0 Å². The monoisotopic (exact) mass is 312 g/mol. The molecule has 130 valence electrons. The molecular weight excluding hydrogens is 276 g/mol. The number of rotatable bonds is 13. The molecule has 1 unspecified atom stereocenters. The van der Waals surface area contributed by atoms with Gasteiger partial charge in [-0.1, -0.05) is 57.9 Å². The van der Waals surface area contributed by atoms with Crippen molar-refractivity contribution >= 4 is 0 Å². The molecule has 0 aliphatic carbocycles. The lowest BCUT2D eigenvalue weighted by molar-refractivity contribution is -0.0498. The van der Waals surface area contributed by atoms with Crippen LogP contribution in [0, 0.1) is 0 Å². The van der Waals surface area contributed by atoms with E-state index in [9.17, 15) is 10.2 Å². The van der Waals surface area contributed by atoms with Crippen LogP contribution in [-0.4, -0.2) is 34.6 Å². The number of unbranched alkanes of at least 4 members (excludes halogenated alkanes) is 7. The second-order valence-corrected chi connectivity index (χ2v) is 6.71. The van der Waals surface area contributed by atoms with E-state index < -0.39 is 12.2 Å². The third kappa shape index (κ3) is 7.75. The van der Waals surface area contributed by atoms with E-state index in [0.717, 1.165) is 32.1 Å². The molecule has 0 radical (unpaired) electrons. The number of allylic oxidation sites excluding steroid dienone is 1. The smallest absolute Gasteiger partial charge is 0.0864 e. The number of hydrogen-bond acceptors (Lipinski definition) is 3. The van der Waals surface area contributed by atoms with E-state index in [-0.39, 0.29) is 12.2 Å². The molecule has 1 saturated heterocycles. The highest BCUT2D eigenvalue weighted by molar-refractivity contribution is 4.85. The summed E-state index contributed by atoms with van der Waals surface area (Å²) in [6.45, 7) is 5.91. The molecule has 0 aromatic carbocycles. The van der Waals surface area contributed by atoms with Crippen molar-refractivity contribution in [3.05, 3.63) is 12.7 Å². The summed E-state index contributed by atoms with van der Waals surface area (Å²) in [7, 11) is 0. The molecule has 1 heterocycles. The highest BCUT2D eigenvalue weighted by Gasteiger charge is 2.36. The van der Waals surface area contributed by atoms with Gasteiger partial charge >= 0.3 is 0 Å². The number of ether oxygens (including phenoxy) is 1. The number of aliphatic hydroxyl groups is 2. The molecule has 0 aromatic heterocycles. The summed E-state index contributed by atoms with van der Waals surface area (Å²) in [5, 5.41) is 20.3. The lowest BCUT2D eigenvalue weighted by atomic mass is 10.0. The minimum absolute atomic E-state index is 0.0647. The first-order valence-corrected chi connectivity index (χ1v) is 9.31. The maximum atomic E-state index is 10.2. The average Bonchev–Trinajstić information content (AvgIpc) is 2.88. The summed E-state index contributed by atoms with van der Waals surface area (Å²) < 4.78 is 5.88. The van der Waals surface area contributed by atoms with Gasteiger partial charge in [0.25, 0.3) is 0 Å². The summed E-state index contributed by atoms with van der Waals surface area (Å²) in [5.41, 5.74) is 0. The Labute approximate surface area is 136 Å². The minimum Gasteiger partial charge on any atom is -0.390 e. The highest BCUT2D eigenvalue weighted by Crippen LogP contribution is 2.28. The van der Waals surface area contributed by atoms with Gasteiger partial charge in [-0.25, -0.2) is 0 Å². The molecular formula is C19H36O3. The fourth-order valence-electron chi connectivity index (χ4n) is 3.22. The van der Waals surface area contributed by atoms with Crippen molar-refractivity contribution in [2.24, 2.45) is 0 Å². The van der Waals surface area contributed by atoms with Crippen LogP contribution >= 0.6 is 0 Å². The molecule has 2 N–H and O–H groups in total. The van der Waals surface area contributed by atoms with Gasteiger partial charge in [0.15, 0.2) is 0 Å². The van der Waals surface area contributed by atoms with Crippen LogP contribution in [0.1, 0.15) is 84.0 Å². The molecule has 0 bridgehead atoms. The third-order valence-electron chi connectivity index (χ3n) is 4.68. The lowest BCUT2D eigenvalue weighted by Gasteiger charge is -2.19. The van der Waals surface area contributed by atoms with Gasteiger partial charge in [-0.15, -0.1) is 6.58 Å². The minimum atomic E-state index is -0.418. The maximum absolute atomic E-state index is 10.2. The van der Waals surface area contributed by atoms with Gasteiger partial charge in [-0.05, 0) is 25.7 Å². The van der Waals surface area contributed by atoms with Gasteiger partial charge in [-0.3, -0.25) is 0 Å². The van der Waals surface area contributed by atoms with Crippen molar-refractivity contribution in [3.63, 3.8) is 0 Å². The van der Waals surface area contributed by atoms with Crippen LogP contribution in [0.4, 0.5) is 0 Å². The molecule has 0 spiro atoms. The van der Waals surface area contributed by atoms with Gasteiger partial charge in [-0.2, -0.15) is 0 Å². The molecule has 0 aromatic rings. The van der Waals surface area contributed by atoms with E-state index in [4.69, 9.17) is 4.74 Å². The largest absolute Gasteiger partial charge is 0.390 e. The van der Waals surface area contributed by atoms with Crippen LogP contribution in [-0.2, 0) is 4.74 Å². The first-order chi connectivity index (χ1) is 10.7. The predicted octanol–water partition coefficient (Wildman–Crippen LogP) is 4.36. The van der Waals surface area contributed by atoms with Crippen LogP contribution in [0.2, 0.25) is 0 Å². The van der Waals surface area contributed by atoms with Crippen molar-refractivity contribution in [1.29, 1.82) is 0 Å². The SMILES string of the molecule is C=CCCCCCCCC(O)[C@H]1C[C@H](O)[C@H](CCCCC)O1. The van der Waals surface area contributed by atoms with Gasteiger partial charge in [0.05, 0.1) is 24.4 Å². The summed E-state index contributed by atoms with van der Waals surface area (Å²) in [5.74, 6) is 0. The van der Waals surface area contributed by atoms with Crippen molar-refractivity contribution in [2.45, 2.75) is 108 Å². The fourth-order valence-corrected chi connectivity index (χ4v) is 3.22. The first kappa shape index (κ1) is 19.7. The van der Waals surface area contributed by atoms with Crippen LogP contribution < -0.4 is 0 Å². The summed E-state index contributed by atoms with van der Waals surface area (Å²) in [6.07, 6.45) is 13.7. The number of aliphatic hydroxyl groups excluding tert-OH is 2. The zero-order chi connectivity index (χ0) is 16.2. The van der Waals surface area contributed by atoms with Gasteiger partial charge in [0.1, 0.15) is 0 Å². The molecule has 3 heteroatoms. The topological polar surface area (TPSA) is 49.7 Å². The van der Waals surface area contributed by atoms with E-state index in [1.807, 2.05) is 6.08 Å². The van der Waals surface area contributed by atoms with E-state index >= 15 is 0 Å². The third-order valence-corrected chi connectivity index (χ3v) is 4.68. The van der Waals surface area contributed by atoms with Crippen LogP contribution in [0.3, 0.4) is 0 Å². The Balaban J connectivity index is 2.10. The van der Waals surface area contributed by atoms with Crippen molar-refractivity contribution in [1.82, 2.24) is 0 Å². The Kier molecular flexibility index (Phi) is 10.8. The molecule has 3 nitrogen and oxygen atoms in total. The molecule has 1 aliphatic heterocycles. The summed E-state index contributed by atoms with van der Waals surface area (Å²) >= 11 is 0. The zero-order valence-electron chi connectivity index (χ0n) is 14.4. The maximum Gasteiger partial charge on any atom is 0.0864 e. The Morgan fingerprint density at radius 3 is 2.59 bits per heavy atom. The van der Waals surface area contributed by atoms with Gasteiger partial charge < -0.3 is 14.9 Å². The highest BCUT2D eigenvalue weighted by atomic mass is 16.5. The van der Waals surface area contributed by atoms with E-state index in [1.54, 1.807) is 0 Å². The van der Waals surface area contributed by atoms with E-state index in [1.165, 1.54) is 38.5 Å². The lowest BCUT2D eigenvalue weighted by Crippen LogP contribution is -2.26. The first-order valence-electron chi connectivity index (χ1n) is 9.31. The van der Waals surface area contributed by atoms with Crippen molar-refractivity contribution < 1.29 is 14.9 Å². The van der Waals surface area contributed by atoms with Crippen molar-refractivity contribution in [2.75, 3.05) is 0 Å². The number of hydrogen-bond donors (Lipinski definition) is 2. The molecule has 0 saturated carbocycles. The quantitative estimate of drug-likeness (QED) is 0.392. The molecule has 1 aliphatic rings. The normalized spacial score (nSPS) is 26.2. The fraction of sp³-hybridized carbons (Fsp3) is 0.895. The van der Waals surface area contributed by atoms with Crippen LogP contribution in [0.5, 0.6) is 0 Å². The standard InChI is InChI=1S/C19H36O3/c1-3-5-7-8-9-10-12-13-16(20)19-15-17(21)18(22-19)14-11-6-4-2/h3,16-21H,1,4-15H2,2H3/t16?,17-,18-,19+/m0/s1. The Bertz CT molecular complexity index is 280. The van der Waals surface area contributed by atoms with E-state index in [2.05, 4.69) is 13.5 Å². The van der Waals surface area contributed by atoms with Gasteiger partial charge in [0, 0.05) is 6.42 Å². The summed E-state index contributed by atoms with van der Waals surface area (Å²) in [4.78, 5) is 0. The van der Waals surface area contributed by atoms with Crippen LogP contribution in [0.25, 0.3) is 0 Å². The molecule has 0 amide bonds. The van der Waals surface area contributed by atoms with E-state index in [0.29, 0.717) is 6.42 Å². The molecule has 1 rings (SSSR count). The Morgan fingerprint density at radius 2 is 1.86 bits per heavy atom.